The second kappa shape index (κ2) is 3.22. The minimum absolute atomic E-state index is 0.557. The van der Waals surface area contributed by atoms with Gasteiger partial charge in [0.25, 0.3) is 0 Å². The third-order valence-electron chi connectivity index (χ3n) is 2.61. The summed E-state index contributed by atoms with van der Waals surface area (Å²) >= 11 is 3.54. The van der Waals surface area contributed by atoms with Crippen LogP contribution in [-0.2, 0) is 0 Å². The molecule has 0 amide bonds. The second-order valence-corrected chi connectivity index (χ2v) is 4.33. The number of hydrogen-bond donors (Lipinski definition) is 1. The van der Waals surface area contributed by atoms with E-state index in [0.717, 1.165) is 11.0 Å². The fourth-order valence-corrected chi connectivity index (χ4v) is 2.10. The fraction of sp³-hybridized carbons (Fsp3) is 0.400. The largest absolute Gasteiger partial charge is 0.380 e. The first-order valence-corrected chi connectivity index (χ1v) is 5.24. The van der Waals surface area contributed by atoms with Gasteiger partial charge in [0.1, 0.15) is 0 Å². The normalized spacial score (nSPS) is 20.8. The lowest BCUT2D eigenvalue weighted by molar-refractivity contribution is 0.699. The van der Waals surface area contributed by atoms with Crippen LogP contribution in [0.1, 0.15) is 6.92 Å². The van der Waals surface area contributed by atoms with E-state index in [-0.39, 0.29) is 0 Å². The van der Waals surface area contributed by atoms with Crippen LogP contribution >= 0.6 is 15.9 Å². The molecule has 1 aliphatic rings. The summed E-state index contributed by atoms with van der Waals surface area (Å²) in [4.78, 5) is 2.30. The van der Waals surface area contributed by atoms with E-state index in [0.29, 0.717) is 6.04 Å². The van der Waals surface area contributed by atoms with E-state index in [9.17, 15) is 0 Å². The van der Waals surface area contributed by atoms with Crippen molar-refractivity contribution < 1.29 is 0 Å². The predicted molar refractivity (Wildman–Crippen MR) is 60.5 cm³/mol. The lowest BCUT2D eigenvalue weighted by Crippen LogP contribution is -2.39. The van der Waals surface area contributed by atoms with Gasteiger partial charge in [0.15, 0.2) is 0 Å². The standard InChI is InChI=1S/C10H13BrN2/c1-7-6-12-10-8(11)4-3-5-9(10)13(7)2/h3-5,7,12H,6H2,1-2H3. The van der Waals surface area contributed by atoms with Crippen LogP contribution < -0.4 is 10.2 Å². The molecule has 0 aliphatic carbocycles. The summed E-state index contributed by atoms with van der Waals surface area (Å²) in [6.45, 7) is 3.23. The minimum Gasteiger partial charge on any atom is -0.380 e. The van der Waals surface area contributed by atoms with Crippen molar-refractivity contribution >= 4 is 27.3 Å². The minimum atomic E-state index is 0.557. The average molecular weight is 241 g/mol. The van der Waals surface area contributed by atoms with Gasteiger partial charge in [0.05, 0.1) is 11.4 Å². The molecule has 1 atom stereocenters. The summed E-state index contributed by atoms with van der Waals surface area (Å²) in [5.41, 5.74) is 2.48. The smallest absolute Gasteiger partial charge is 0.0723 e. The molecule has 1 heterocycles. The maximum absolute atomic E-state index is 3.54. The summed E-state index contributed by atoms with van der Waals surface area (Å²) in [5, 5.41) is 3.42. The Hall–Kier alpha value is -0.700. The van der Waals surface area contributed by atoms with Gasteiger partial charge >= 0.3 is 0 Å². The topological polar surface area (TPSA) is 15.3 Å². The van der Waals surface area contributed by atoms with Crippen molar-refractivity contribution in [3.63, 3.8) is 0 Å². The molecule has 70 valence electrons. The van der Waals surface area contributed by atoms with Crippen LogP contribution in [0.4, 0.5) is 11.4 Å². The van der Waals surface area contributed by atoms with Gasteiger partial charge < -0.3 is 10.2 Å². The molecule has 1 N–H and O–H groups in total. The molecule has 1 aromatic rings. The quantitative estimate of drug-likeness (QED) is 0.751. The first-order chi connectivity index (χ1) is 6.20. The summed E-state index contributed by atoms with van der Waals surface area (Å²) in [6, 6.07) is 6.83. The molecular weight excluding hydrogens is 228 g/mol. The van der Waals surface area contributed by atoms with Gasteiger partial charge in [-0.1, -0.05) is 6.07 Å². The number of nitrogens with zero attached hydrogens (tertiary/aromatic N) is 1. The van der Waals surface area contributed by atoms with Crippen LogP contribution in [0.15, 0.2) is 22.7 Å². The number of rotatable bonds is 0. The Kier molecular flexibility index (Phi) is 2.20. The maximum atomic E-state index is 3.54. The van der Waals surface area contributed by atoms with Crippen LogP contribution in [0, 0.1) is 0 Å². The van der Waals surface area contributed by atoms with Crippen LogP contribution in [0.5, 0.6) is 0 Å². The van der Waals surface area contributed by atoms with Crippen molar-refractivity contribution in [3.05, 3.63) is 22.7 Å². The number of benzene rings is 1. The van der Waals surface area contributed by atoms with Crippen molar-refractivity contribution in [2.75, 3.05) is 23.8 Å². The van der Waals surface area contributed by atoms with Crippen molar-refractivity contribution in [1.29, 1.82) is 0 Å². The highest BCUT2D eigenvalue weighted by Gasteiger charge is 2.20. The Labute approximate surface area is 87.1 Å². The Morgan fingerprint density at radius 1 is 1.54 bits per heavy atom. The molecule has 0 saturated carbocycles. The SMILES string of the molecule is CC1CNc2c(Br)cccc2N1C. The summed E-state index contributed by atoms with van der Waals surface area (Å²) in [6.07, 6.45) is 0. The zero-order valence-electron chi connectivity index (χ0n) is 7.84. The highest BCUT2D eigenvalue weighted by atomic mass is 79.9. The molecule has 1 aromatic carbocycles. The number of likely N-dealkylation sites (N-methyl/N-ethyl adjacent to an activating group) is 1. The molecule has 0 aromatic heterocycles. The van der Waals surface area contributed by atoms with Gasteiger partial charge in [-0.15, -0.1) is 0 Å². The van der Waals surface area contributed by atoms with Crippen molar-refractivity contribution in [1.82, 2.24) is 0 Å². The van der Waals surface area contributed by atoms with E-state index in [2.05, 4.69) is 58.3 Å². The lowest BCUT2D eigenvalue weighted by Gasteiger charge is -2.35. The third kappa shape index (κ3) is 1.41. The number of nitrogens with one attached hydrogen (secondary N) is 1. The number of halogens is 1. The van der Waals surface area contributed by atoms with Gasteiger partial charge in [0, 0.05) is 24.1 Å². The third-order valence-corrected chi connectivity index (χ3v) is 3.27. The van der Waals surface area contributed by atoms with Crippen LogP contribution in [0.25, 0.3) is 0 Å². The molecule has 0 spiro atoms. The monoisotopic (exact) mass is 240 g/mol. The molecule has 0 bridgehead atoms. The lowest BCUT2D eigenvalue weighted by atomic mass is 10.1. The zero-order valence-corrected chi connectivity index (χ0v) is 9.43. The number of para-hydroxylation sites is 1. The molecule has 0 radical (unpaired) electrons. The maximum Gasteiger partial charge on any atom is 0.0723 e. The first-order valence-electron chi connectivity index (χ1n) is 4.45. The van der Waals surface area contributed by atoms with Gasteiger partial charge in [-0.2, -0.15) is 0 Å². The number of fused-ring (bicyclic) bond motifs is 1. The van der Waals surface area contributed by atoms with Crippen LogP contribution in [0.3, 0.4) is 0 Å². The molecule has 0 saturated heterocycles. The van der Waals surface area contributed by atoms with Gasteiger partial charge in [-0.3, -0.25) is 0 Å². The van der Waals surface area contributed by atoms with Gasteiger partial charge in [-0.25, -0.2) is 0 Å². The van der Waals surface area contributed by atoms with Gasteiger partial charge in [-0.05, 0) is 35.0 Å². The highest BCUT2D eigenvalue weighted by Crippen LogP contribution is 2.36. The van der Waals surface area contributed by atoms with E-state index >= 15 is 0 Å². The van der Waals surface area contributed by atoms with Crippen molar-refractivity contribution in [3.8, 4) is 0 Å². The molecule has 1 aliphatic heterocycles. The second-order valence-electron chi connectivity index (χ2n) is 3.47. The van der Waals surface area contributed by atoms with Crippen molar-refractivity contribution in [2.45, 2.75) is 13.0 Å². The molecule has 13 heavy (non-hydrogen) atoms. The molecule has 1 unspecified atom stereocenters. The molecule has 3 heteroatoms. The van der Waals surface area contributed by atoms with E-state index < -0.39 is 0 Å². The molecule has 0 fully saturated rings. The first kappa shape index (κ1) is 8.88. The van der Waals surface area contributed by atoms with Crippen LogP contribution in [-0.4, -0.2) is 19.6 Å². The number of anilines is 2. The summed E-state index contributed by atoms with van der Waals surface area (Å²) < 4.78 is 1.14. The van der Waals surface area contributed by atoms with E-state index in [1.54, 1.807) is 0 Å². The Balaban J connectivity index is 2.49. The van der Waals surface area contributed by atoms with E-state index in [4.69, 9.17) is 0 Å². The van der Waals surface area contributed by atoms with E-state index in [1.165, 1.54) is 11.4 Å². The predicted octanol–water partition coefficient (Wildman–Crippen LogP) is 2.70. The summed E-state index contributed by atoms with van der Waals surface area (Å²) in [5.74, 6) is 0. The molecular formula is C10H13BrN2. The average Bonchev–Trinajstić information content (AvgIpc) is 2.12. The Morgan fingerprint density at radius 2 is 2.31 bits per heavy atom. The van der Waals surface area contributed by atoms with Crippen molar-refractivity contribution in [2.24, 2.45) is 0 Å². The number of hydrogen-bond acceptors (Lipinski definition) is 2. The molecule has 2 nitrogen and oxygen atoms in total. The Bertz CT molecular complexity index is 325. The summed E-state index contributed by atoms with van der Waals surface area (Å²) in [7, 11) is 2.14. The van der Waals surface area contributed by atoms with Gasteiger partial charge in [0.2, 0.25) is 0 Å². The van der Waals surface area contributed by atoms with E-state index in [1.807, 2.05) is 0 Å². The Morgan fingerprint density at radius 3 is 3.08 bits per heavy atom. The van der Waals surface area contributed by atoms with Crippen LogP contribution in [0.2, 0.25) is 0 Å². The fourth-order valence-electron chi connectivity index (χ4n) is 1.61. The highest BCUT2D eigenvalue weighted by molar-refractivity contribution is 9.10. The molecule has 2 rings (SSSR count). The zero-order chi connectivity index (χ0) is 9.42.